The highest BCUT2D eigenvalue weighted by Gasteiger charge is 2.27. The molecule has 5 N–H and O–H groups in total. The number of aliphatic carboxylic acids is 1. The van der Waals surface area contributed by atoms with E-state index in [1.165, 1.54) is 6.92 Å². The molecule has 3 atom stereocenters. The van der Waals surface area contributed by atoms with Crippen molar-refractivity contribution in [2.45, 2.75) is 38.1 Å². The number of carbonyl (C=O) groups excluding carboxylic acids is 3. The lowest BCUT2D eigenvalue weighted by atomic mass is 10.0. The number of nitrogens with one attached hydrogen (secondary N) is 3. The second-order valence-corrected chi connectivity index (χ2v) is 7.26. The number of amides is 3. The average Bonchev–Trinajstić information content (AvgIpc) is 2.81. The maximum Gasteiger partial charge on any atom is 0.408 e. The number of hydrogen-bond donors (Lipinski definition) is 5. The van der Waals surface area contributed by atoms with E-state index in [9.17, 15) is 19.2 Å². The summed E-state index contributed by atoms with van der Waals surface area (Å²) in [5.41, 5.74) is 1.54. The standard InChI is InChI=1S/C23H27N3O7/c1-15(20(28)25-19(13-27)22(30)31)24-21(29)18(12-16-8-4-2-5-9-16)26-23(32)33-14-17-10-6-3-7-11-17/h2-11,15,18-19,27H,12-14H2,1H3,(H,24,29)(H,25,28)(H,26,32)(H,30,31). The van der Waals surface area contributed by atoms with Crippen LogP contribution in [-0.2, 0) is 32.1 Å². The number of rotatable bonds is 11. The first kappa shape index (κ1) is 25.3. The molecule has 10 heteroatoms. The Labute approximate surface area is 191 Å². The number of ether oxygens (including phenoxy) is 1. The third kappa shape index (κ3) is 8.62. The molecule has 0 saturated heterocycles. The van der Waals surface area contributed by atoms with Crippen LogP contribution in [0.4, 0.5) is 4.79 Å². The molecule has 176 valence electrons. The van der Waals surface area contributed by atoms with Crippen molar-refractivity contribution >= 4 is 23.9 Å². The summed E-state index contributed by atoms with van der Waals surface area (Å²) in [5.74, 6) is -2.86. The van der Waals surface area contributed by atoms with E-state index >= 15 is 0 Å². The molecule has 3 amide bonds. The van der Waals surface area contributed by atoms with Crippen LogP contribution in [0.25, 0.3) is 0 Å². The number of carboxylic acid groups (broad SMARTS) is 1. The van der Waals surface area contributed by atoms with Crippen LogP contribution < -0.4 is 16.0 Å². The Balaban J connectivity index is 2.02. The van der Waals surface area contributed by atoms with E-state index in [0.717, 1.165) is 11.1 Å². The largest absolute Gasteiger partial charge is 0.480 e. The molecule has 0 bridgehead atoms. The molecule has 2 aromatic carbocycles. The van der Waals surface area contributed by atoms with Crippen LogP contribution in [0.3, 0.4) is 0 Å². The zero-order valence-corrected chi connectivity index (χ0v) is 18.1. The maximum absolute atomic E-state index is 12.8. The highest BCUT2D eigenvalue weighted by Crippen LogP contribution is 2.06. The topological polar surface area (TPSA) is 154 Å². The van der Waals surface area contributed by atoms with Gasteiger partial charge in [-0.2, -0.15) is 0 Å². The summed E-state index contributed by atoms with van der Waals surface area (Å²) >= 11 is 0. The van der Waals surface area contributed by atoms with E-state index in [0.29, 0.717) is 0 Å². The summed E-state index contributed by atoms with van der Waals surface area (Å²) in [5, 5.41) is 25.1. The summed E-state index contributed by atoms with van der Waals surface area (Å²) in [6.07, 6.45) is -0.672. The van der Waals surface area contributed by atoms with Crippen molar-refractivity contribution in [3.05, 3.63) is 71.8 Å². The predicted octanol–water partition coefficient (Wildman–Crippen LogP) is 0.591. The highest BCUT2D eigenvalue weighted by atomic mass is 16.5. The molecule has 10 nitrogen and oxygen atoms in total. The van der Waals surface area contributed by atoms with Gasteiger partial charge in [0.05, 0.1) is 6.61 Å². The van der Waals surface area contributed by atoms with Crippen LogP contribution in [0.1, 0.15) is 18.1 Å². The number of carbonyl (C=O) groups is 4. The SMILES string of the molecule is CC(NC(=O)C(Cc1ccccc1)NC(=O)OCc1ccccc1)C(=O)NC(CO)C(=O)O. The summed E-state index contributed by atoms with van der Waals surface area (Å²) < 4.78 is 5.19. The van der Waals surface area contributed by atoms with Crippen molar-refractivity contribution in [1.29, 1.82) is 0 Å². The van der Waals surface area contributed by atoms with Gasteiger partial charge in [-0.15, -0.1) is 0 Å². The average molecular weight is 457 g/mol. The van der Waals surface area contributed by atoms with E-state index < -0.39 is 48.6 Å². The molecule has 2 aromatic rings. The normalized spacial score (nSPS) is 13.2. The van der Waals surface area contributed by atoms with Crippen molar-refractivity contribution in [2.75, 3.05) is 6.61 Å². The van der Waals surface area contributed by atoms with Crippen LogP contribution in [0, 0.1) is 0 Å². The Bertz CT molecular complexity index is 938. The molecule has 0 aliphatic carbocycles. The first-order valence-electron chi connectivity index (χ1n) is 10.3. The Morgan fingerprint density at radius 1 is 0.818 bits per heavy atom. The molecule has 33 heavy (non-hydrogen) atoms. The second-order valence-electron chi connectivity index (χ2n) is 7.26. The molecule has 3 unspecified atom stereocenters. The van der Waals surface area contributed by atoms with Gasteiger partial charge in [0.25, 0.3) is 0 Å². The van der Waals surface area contributed by atoms with Gasteiger partial charge >= 0.3 is 12.1 Å². The minimum absolute atomic E-state index is 0.0168. The first-order chi connectivity index (χ1) is 15.8. The van der Waals surface area contributed by atoms with Crippen molar-refractivity contribution < 1.29 is 34.1 Å². The molecule has 0 spiro atoms. The number of aliphatic hydroxyl groups is 1. The molecule has 0 saturated carbocycles. The van der Waals surface area contributed by atoms with Crippen molar-refractivity contribution in [3.63, 3.8) is 0 Å². The molecule has 2 rings (SSSR count). The first-order valence-corrected chi connectivity index (χ1v) is 10.3. The predicted molar refractivity (Wildman–Crippen MR) is 118 cm³/mol. The van der Waals surface area contributed by atoms with Gasteiger partial charge in [0.15, 0.2) is 0 Å². The summed E-state index contributed by atoms with van der Waals surface area (Å²) in [6.45, 7) is 0.576. The molecular formula is C23H27N3O7. The van der Waals surface area contributed by atoms with Gasteiger partial charge in [0.2, 0.25) is 11.8 Å². The Kier molecular flexibility index (Phi) is 9.84. The molecule has 0 aliphatic heterocycles. The molecule has 0 fully saturated rings. The maximum atomic E-state index is 12.8. The summed E-state index contributed by atoms with van der Waals surface area (Å²) in [7, 11) is 0. The fourth-order valence-electron chi connectivity index (χ4n) is 2.83. The van der Waals surface area contributed by atoms with Gasteiger partial charge in [-0.05, 0) is 18.1 Å². The minimum atomic E-state index is -1.50. The van der Waals surface area contributed by atoms with Gasteiger partial charge in [-0.1, -0.05) is 60.7 Å². The van der Waals surface area contributed by atoms with Gasteiger partial charge < -0.3 is 30.9 Å². The smallest absolute Gasteiger partial charge is 0.408 e. The quantitative estimate of drug-likeness (QED) is 0.331. The highest BCUT2D eigenvalue weighted by molar-refractivity contribution is 5.92. The Morgan fingerprint density at radius 3 is 1.94 bits per heavy atom. The minimum Gasteiger partial charge on any atom is -0.480 e. The van der Waals surface area contributed by atoms with Gasteiger partial charge in [-0.3, -0.25) is 9.59 Å². The molecule has 0 aromatic heterocycles. The van der Waals surface area contributed by atoms with Crippen LogP contribution in [-0.4, -0.2) is 58.8 Å². The van der Waals surface area contributed by atoms with Crippen molar-refractivity contribution in [3.8, 4) is 0 Å². The van der Waals surface area contributed by atoms with Crippen LogP contribution in [0.5, 0.6) is 0 Å². The van der Waals surface area contributed by atoms with Gasteiger partial charge in [-0.25, -0.2) is 9.59 Å². The van der Waals surface area contributed by atoms with E-state index in [1.54, 1.807) is 48.5 Å². The number of hydrogen-bond acceptors (Lipinski definition) is 6. The Morgan fingerprint density at radius 2 is 1.39 bits per heavy atom. The fourth-order valence-corrected chi connectivity index (χ4v) is 2.83. The van der Waals surface area contributed by atoms with E-state index in [2.05, 4.69) is 16.0 Å². The second kappa shape index (κ2) is 12.8. The zero-order valence-electron chi connectivity index (χ0n) is 18.1. The molecule has 0 heterocycles. The van der Waals surface area contributed by atoms with E-state index in [1.807, 2.05) is 12.1 Å². The Hall–Kier alpha value is -3.92. The summed E-state index contributed by atoms with van der Waals surface area (Å²) in [4.78, 5) is 48.3. The number of benzene rings is 2. The summed E-state index contributed by atoms with van der Waals surface area (Å²) in [6, 6.07) is 14.3. The van der Waals surface area contributed by atoms with E-state index in [4.69, 9.17) is 14.9 Å². The van der Waals surface area contributed by atoms with Crippen molar-refractivity contribution in [1.82, 2.24) is 16.0 Å². The monoisotopic (exact) mass is 457 g/mol. The van der Waals surface area contributed by atoms with Crippen LogP contribution in [0.2, 0.25) is 0 Å². The number of carboxylic acids is 1. The number of aliphatic hydroxyl groups excluding tert-OH is 1. The van der Waals surface area contributed by atoms with E-state index in [-0.39, 0.29) is 13.0 Å². The fraction of sp³-hybridized carbons (Fsp3) is 0.304. The lowest BCUT2D eigenvalue weighted by Crippen LogP contribution is -2.55. The van der Waals surface area contributed by atoms with Crippen molar-refractivity contribution in [2.24, 2.45) is 0 Å². The lowest BCUT2D eigenvalue weighted by Gasteiger charge is -2.22. The van der Waals surface area contributed by atoms with Crippen LogP contribution in [0.15, 0.2) is 60.7 Å². The van der Waals surface area contributed by atoms with Gasteiger partial charge in [0.1, 0.15) is 24.7 Å². The van der Waals surface area contributed by atoms with Crippen LogP contribution >= 0.6 is 0 Å². The third-order valence-corrected chi connectivity index (χ3v) is 4.65. The lowest BCUT2D eigenvalue weighted by molar-refractivity contribution is -0.143. The molecule has 0 aliphatic rings. The zero-order chi connectivity index (χ0) is 24.2. The number of alkyl carbamates (subject to hydrolysis) is 1. The molecule has 0 radical (unpaired) electrons. The van der Waals surface area contributed by atoms with Gasteiger partial charge in [0, 0.05) is 6.42 Å². The third-order valence-electron chi connectivity index (χ3n) is 4.65. The molecular weight excluding hydrogens is 430 g/mol.